The zero-order chi connectivity index (χ0) is 12.2. The van der Waals surface area contributed by atoms with E-state index < -0.39 is 0 Å². The van der Waals surface area contributed by atoms with Gasteiger partial charge in [-0.1, -0.05) is 31.5 Å². The molecule has 0 spiro atoms. The van der Waals surface area contributed by atoms with Crippen LogP contribution in [0, 0.1) is 6.92 Å². The van der Waals surface area contributed by atoms with Crippen LogP contribution in [0.25, 0.3) is 0 Å². The highest BCUT2D eigenvalue weighted by atomic mass is 16.5. The van der Waals surface area contributed by atoms with Crippen molar-refractivity contribution in [2.45, 2.75) is 39.7 Å². The fourth-order valence-electron chi connectivity index (χ4n) is 2.04. The van der Waals surface area contributed by atoms with Gasteiger partial charge in [-0.05, 0) is 25.5 Å². The molecule has 16 heavy (non-hydrogen) atoms. The molecule has 1 heterocycles. The van der Waals surface area contributed by atoms with E-state index in [1.807, 2.05) is 19.9 Å². The van der Waals surface area contributed by atoms with Crippen LogP contribution in [-0.4, -0.2) is 19.3 Å². The Bertz CT molecular complexity index is 347. The predicted molar refractivity (Wildman–Crippen MR) is 67.1 cm³/mol. The molecule has 0 saturated carbocycles. The minimum Gasteiger partial charge on any atom is -0.485 e. The van der Waals surface area contributed by atoms with Crippen molar-refractivity contribution in [1.29, 1.82) is 0 Å². The molecule has 0 saturated heterocycles. The summed E-state index contributed by atoms with van der Waals surface area (Å²) in [7, 11) is 1.71. The topological polar surface area (TPSA) is 18.5 Å². The summed E-state index contributed by atoms with van der Waals surface area (Å²) < 4.78 is 11.0. The van der Waals surface area contributed by atoms with Crippen molar-refractivity contribution >= 4 is 0 Å². The molecule has 0 aromatic heterocycles. The molecule has 0 N–H and O–H groups in total. The Morgan fingerprint density at radius 3 is 2.69 bits per heavy atom. The van der Waals surface area contributed by atoms with Gasteiger partial charge in [0.1, 0.15) is 11.4 Å². The van der Waals surface area contributed by atoms with E-state index in [4.69, 9.17) is 9.47 Å². The summed E-state index contributed by atoms with van der Waals surface area (Å²) in [4.78, 5) is 0. The average Bonchev–Trinajstić information content (AvgIpc) is 2.57. The van der Waals surface area contributed by atoms with E-state index in [9.17, 15) is 0 Å². The summed E-state index contributed by atoms with van der Waals surface area (Å²) in [5, 5.41) is 0. The number of fused-ring (bicyclic) bond motifs is 1. The second-order valence-electron chi connectivity index (χ2n) is 4.27. The summed E-state index contributed by atoms with van der Waals surface area (Å²) in [6.07, 6.45) is 0.942. The molecule has 1 aliphatic rings. The molecule has 1 aromatic carbocycles. The molecule has 2 heteroatoms. The Hall–Kier alpha value is -1.02. The summed E-state index contributed by atoms with van der Waals surface area (Å²) >= 11 is 0. The Balaban J connectivity index is 0.000000606. The van der Waals surface area contributed by atoms with Crippen molar-refractivity contribution < 1.29 is 9.47 Å². The Morgan fingerprint density at radius 1 is 1.38 bits per heavy atom. The van der Waals surface area contributed by atoms with Gasteiger partial charge in [0.15, 0.2) is 0 Å². The van der Waals surface area contributed by atoms with Gasteiger partial charge >= 0.3 is 0 Å². The van der Waals surface area contributed by atoms with Crippen LogP contribution < -0.4 is 4.74 Å². The van der Waals surface area contributed by atoms with E-state index in [2.05, 4.69) is 26.0 Å². The van der Waals surface area contributed by atoms with Gasteiger partial charge < -0.3 is 9.47 Å². The third-order valence-electron chi connectivity index (χ3n) is 2.59. The second kappa shape index (κ2) is 5.35. The van der Waals surface area contributed by atoms with Crippen LogP contribution in [0.15, 0.2) is 18.2 Å². The molecule has 90 valence electrons. The first-order valence-electron chi connectivity index (χ1n) is 5.90. The number of rotatable bonds is 2. The van der Waals surface area contributed by atoms with Gasteiger partial charge in [-0.15, -0.1) is 0 Å². The fraction of sp³-hybridized carbons (Fsp3) is 0.571. The first-order chi connectivity index (χ1) is 7.63. The summed E-state index contributed by atoms with van der Waals surface area (Å²) in [5.74, 6) is 1.01. The van der Waals surface area contributed by atoms with Crippen LogP contribution in [-0.2, 0) is 11.2 Å². The maximum atomic E-state index is 5.86. The van der Waals surface area contributed by atoms with Gasteiger partial charge in [-0.25, -0.2) is 0 Å². The molecule has 1 atom stereocenters. The Kier molecular flexibility index (Phi) is 4.36. The van der Waals surface area contributed by atoms with Crippen LogP contribution in [0.4, 0.5) is 0 Å². The van der Waals surface area contributed by atoms with E-state index in [1.54, 1.807) is 7.11 Å². The van der Waals surface area contributed by atoms with Crippen molar-refractivity contribution in [2.24, 2.45) is 0 Å². The van der Waals surface area contributed by atoms with Crippen LogP contribution >= 0.6 is 0 Å². The van der Waals surface area contributed by atoms with Crippen LogP contribution in [0.1, 0.15) is 31.9 Å². The number of hydrogen-bond donors (Lipinski definition) is 0. The van der Waals surface area contributed by atoms with Crippen LogP contribution in [0.2, 0.25) is 0 Å². The zero-order valence-electron chi connectivity index (χ0n) is 11.0. The lowest BCUT2D eigenvalue weighted by molar-refractivity contribution is 0.0205. The van der Waals surface area contributed by atoms with E-state index in [0.29, 0.717) is 6.61 Å². The van der Waals surface area contributed by atoms with Gasteiger partial charge in [0, 0.05) is 13.5 Å². The molecule has 0 fully saturated rings. The second-order valence-corrected chi connectivity index (χ2v) is 4.27. The molecule has 1 aliphatic heterocycles. The third kappa shape index (κ3) is 2.76. The summed E-state index contributed by atoms with van der Waals surface area (Å²) in [6, 6.07) is 6.32. The van der Waals surface area contributed by atoms with Crippen LogP contribution in [0.3, 0.4) is 0 Å². The first kappa shape index (κ1) is 13.0. The van der Waals surface area contributed by atoms with E-state index in [0.717, 1.165) is 12.2 Å². The minimum atomic E-state index is -0.176. The number of benzene rings is 1. The molecular formula is C14H22O2. The molecular weight excluding hydrogens is 200 g/mol. The van der Waals surface area contributed by atoms with E-state index >= 15 is 0 Å². The zero-order valence-corrected chi connectivity index (χ0v) is 11.0. The molecule has 0 aliphatic carbocycles. The normalized spacial score (nSPS) is 21.8. The number of aryl methyl sites for hydroxylation is 1. The molecule has 0 amide bonds. The standard InChI is InChI=1S/C12H16O2.C2H6/c1-9-4-5-11-10(6-9)7-12(2,14-11)8-13-3;1-2/h4-6H,7-8H2,1-3H3;1-2H3. The molecule has 2 rings (SSSR count). The van der Waals surface area contributed by atoms with E-state index in [1.165, 1.54) is 11.1 Å². The van der Waals surface area contributed by atoms with Crippen molar-refractivity contribution in [1.82, 2.24) is 0 Å². The van der Waals surface area contributed by atoms with Gasteiger partial charge in [0.2, 0.25) is 0 Å². The van der Waals surface area contributed by atoms with Crippen LogP contribution in [0.5, 0.6) is 5.75 Å². The number of hydrogen-bond acceptors (Lipinski definition) is 2. The smallest absolute Gasteiger partial charge is 0.134 e. The van der Waals surface area contributed by atoms with Crippen molar-refractivity contribution in [2.75, 3.05) is 13.7 Å². The van der Waals surface area contributed by atoms with Gasteiger partial charge in [0.25, 0.3) is 0 Å². The molecule has 2 nitrogen and oxygen atoms in total. The number of methoxy groups -OCH3 is 1. The van der Waals surface area contributed by atoms with Crippen molar-refractivity contribution in [3.8, 4) is 5.75 Å². The summed E-state index contributed by atoms with van der Waals surface area (Å²) in [5.41, 5.74) is 2.41. The number of ether oxygens (including phenoxy) is 2. The largest absolute Gasteiger partial charge is 0.485 e. The highest BCUT2D eigenvalue weighted by molar-refractivity contribution is 5.41. The minimum absolute atomic E-state index is 0.176. The molecule has 0 radical (unpaired) electrons. The lowest BCUT2D eigenvalue weighted by atomic mass is 9.99. The fourth-order valence-corrected chi connectivity index (χ4v) is 2.04. The summed E-state index contributed by atoms with van der Waals surface area (Å²) in [6.45, 7) is 8.83. The average molecular weight is 222 g/mol. The quantitative estimate of drug-likeness (QED) is 0.764. The van der Waals surface area contributed by atoms with Crippen molar-refractivity contribution in [3.05, 3.63) is 29.3 Å². The lowest BCUT2D eigenvalue weighted by Crippen LogP contribution is -2.35. The third-order valence-corrected chi connectivity index (χ3v) is 2.59. The maximum absolute atomic E-state index is 5.86. The molecule has 0 bridgehead atoms. The molecule has 1 unspecified atom stereocenters. The highest BCUT2D eigenvalue weighted by Gasteiger charge is 2.34. The van der Waals surface area contributed by atoms with Gasteiger partial charge in [-0.2, -0.15) is 0 Å². The predicted octanol–water partition coefficient (Wildman–Crippen LogP) is 3.36. The lowest BCUT2D eigenvalue weighted by Gasteiger charge is -2.22. The molecule has 1 aromatic rings. The van der Waals surface area contributed by atoms with Gasteiger partial charge in [-0.3, -0.25) is 0 Å². The van der Waals surface area contributed by atoms with Crippen molar-refractivity contribution in [3.63, 3.8) is 0 Å². The first-order valence-corrected chi connectivity index (χ1v) is 5.90. The monoisotopic (exact) mass is 222 g/mol. The Labute approximate surface area is 98.6 Å². The Morgan fingerprint density at radius 2 is 2.06 bits per heavy atom. The van der Waals surface area contributed by atoms with E-state index in [-0.39, 0.29) is 5.60 Å². The highest BCUT2D eigenvalue weighted by Crippen LogP contribution is 2.35. The maximum Gasteiger partial charge on any atom is 0.134 e. The van der Waals surface area contributed by atoms with Gasteiger partial charge in [0.05, 0.1) is 6.61 Å². The SMILES string of the molecule is CC.COCC1(C)Cc2cc(C)ccc2O1.